The Morgan fingerprint density at radius 3 is 2.41 bits per heavy atom. The van der Waals surface area contributed by atoms with Crippen molar-refractivity contribution in [3.05, 3.63) is 35.6 Å². The highest BCUT2D eigenvalue weighted by Crippen LogP contribution is 2.15. The number of benzene rings is 1. The number of nitrogens with one attached hydrogen (secondary N) is 1. The van der Waals surface area contributed by atoms with E-state index in [0.717, 1.165) is 5.56 Å². The van der Waals surface area contributed by atoms with Crippen molar-refractivity contribution in [1.82, 2.24) is 0 Å². The van der Waals surface area contributed by atoms with Crippen LogP contribution in [0.2, 0.25) is 0 Å². The van der Waals surface area contributed by atoms with Crippen molar-refractivity contribution in [1.29, 1.82) is 5.41 Å². The molecule has 0 saturated carbocycles. The van der Waals surface area contributed by atoms with Gasteiger partial charge >= 0.3 is 5.97 Å². The number of carbonyl (C=O) groups is 1. The SMILES string of the molecule is CC(C)(C)OC(=O)C(=N)C(CO)CCCc1ccc(F)cc1. The minimum absolute atomic E-state index is 0.198. The van der Waals surface area contributed by atoms with Crippen molar-refractivity contribution >= 4 is 11.7 Å². The molecule has 0 aliphatic heterocycles. The maximum absolute atomic E-state index is 12.8. The summed E-state index contributed by atoms with van der Waals surface area (Å²) in [7, 11) is 0. The highest BCUT2D eigenvalue weighted by Gasteiger charge is 2.25. The number of halogens is 1. The second-order valence-electron chi connectivity index (χ2n) is 6.31. The number of aliphatic hydroxyl groups excluding tert-OH is 1. The molecule has 2 N–H and O–H groups in total. The van der Waals surface area contributed by atoms with Gasteiger partial charge < -0.3 is 9.84 Å². The smallest absolute Gasteiger partial charge is 0.352 e. The molecule has 4 nitrogen and oxygen atoms in total. The van der Waals surface area contributed by atoms with E-state index >= 15 is 0 Å². The molecule has 0 aromatic heterocycles. The van der Waals surface area contributed by atoms with Gasteiger partial charge in [0.1, 0.15) is 17.1 Å². The van der Waals surface area contributed by atoms with E-state index < -0.39 is 17.5 Å². The number of aliphatic hydroxyl groups is 1. The standard InChI is InChI=1S/C17H24FNO3/c1-17(2,3)22-16(21)15(19)13(11-20)6-4-5-12-7-9-14(18)10-8-12/h7-10,13,19-20H,4-6,11H2,1-3H3. The third kappa shape index (κ3) is 6.35. The molecule has 1 aromatic rings. The van der Waals surface area contributed by atoms with Crippen molar-refractivity contribution in [2.24, 2.45) is 5.92 Å². The molecule has 1 aromatic carbocycles. The maximum atomic E-state index is 12.8. The van der Waals surface area contributed by atoms with E-state index in [1.54, 1.807) is 32.9 Å². The maximum Gasteiger partial charge on any atom is 0.352 e. The average Bonchev–Trinajstić information content (AvgIpc) is 2.43. The number of ether oxygens (including phenoxy) is 1. The van der Waals surface area contributed by atoms with Crippen LogP contribution < -0.4 is 0 Å². The minimum Gasteiger partial charge on any atom is -0.455 e. The summed E-state index contributed by atoms with van der Waals surface area (Å²) >= 11 is 0. The van der Waals surface area contributed by atoms with Gasteiger partial charge in [-0.2, -0.15) is 0 Å². The third-order valence-electron chi connectivity index (χ3n) is 3.18. The lowest BCUT2D eigenvalue weighted by molar-refractivity contribution is -0.146. The molecule has 0 radical (unpaired) electrons. The van der Waals surface area contributed by atoms with Gasteiger partial charge in [0.05, 0.1) is 6.61 Å². The van der Waals surface area contributed by atoms with Gasteiger partial charge in [-0.25, -0.2) is 9.18 Å². The summed E-state index contributed by atoms with van der Waals surface area (Å²) in [6, 6.07) is 6.23. The normalized spacial score (nSPS) is 12.8. The molecule has 122 valence electrons. The van der Waals surface area contributed by atoms with Crippen molar-refractivity contribution in [3.8, 4) is 0 Å². The molecule has 0 amide bonds. The summed E-state index contributed by atoms with van der Waals surface area (Å²) in [4.78, 5) is 11.8. The molecule has 0 saturated heterocycles. The van der Waals surface area contributed by atoms with Crippen LogP contribution in [0.15, 0.2) is 24.3 Å². The van der Waals surface area contributed by atoms with Crippen LogP contribution in [0.5, 0.6) is 0 Å². The van der Waals surface area contributed by atoms with Crippen LogP contribution in [0.4, 0.5) is 4.39 Å². The Kier molecular flexibility index (Phi) is 6.68. The van der Waals surface area contributed by atoms with Gasteiger partial charge in [-0.3, -0.25) is 5.41 Å². The summed E-state index contributed by atoms with van der Waals surface area (Å²) in [5, 5.41) is 17.2. The fourth-order valence-electron chi connectivity index (χ4n) is 2.03. The monoisotopic (exact) mass is 309 g/mol. The molecule has 1 unspecified atom stereocenters. The van der Waals surface area contributed by atoms with Crippen molar-refractivity contribution in [3.63, 3.8) is 0 Å². The summed E-state index contributed by atoms with van der Waals surface area (Å²) < 4.78 is 18.0. The second kappa shape index (κ2) is 8.03. The van der Waals surface area contributed by atoms with Crippen molar-refractivity contribution < 1.29 is 19.0 Å². The predicted molar refractivity (Wildman–Crippen MR) is 83.5 cm³/mol. The first-order valence-electron chi connectivity index (χ1n) is 7.40. The van der Waals surface area contributed by atoms with Gasteiger partial charge in [0, 0.05) is 5.92 Å². The number of hydrogen-bond acceptors (Lipinski definition) is 4. The highest BCUT2D eigenvalue weighted by atomic mass is 19.1. The number of rotatable bonds is 7. The molecule has 1 rings (SSSR count). The Morgan fingerprint density at radius 1 is 1.32 bits per heavy atom. The molecule has 0 heterocycles. The van der Waals surface area contributed by atoms with Crippen molar-refractivity contribution in [2.75, 3.05) is 6.61 Å². The zero-order chi connectivity index (χ0) is 16.8. The minimum atomic E-state index is -0.687. The van der Waals surface area contributed by atoms with Gasteiger partial charge in [0.2, 0.25) is 0 Å². The zero-order valence-corrected chi connectivity index (χ0v) is 13.4. The van der Waals surface area contributed by atoms with Gasteiger partial charge in [0.15, 0.2) is 0 Å². The van der Waals surface area contributed by atoms with Gasteiger partial charge in [-0.15, -0.1) is 0 Å². The van der Waals surface area contributed by atoms with E-state index in [2.05, 4.69) is 0 Å². The van der Waals surface area contributed by atoms with Crippen LogP contribution in [-0.2, 0) is 16.0 Å². The van der Waals surface area contributed by atoms with Crippen molar-refractivity contribution in [2.45, 2.75) is 45.6 Å². The van der Waals surface area contributed by atoms with Crippen LogP contribution in [0.25, 0.3) is 0 Å². The molecular formula is C17H24FNO3. The number of esters is 1. The van der Waals surface area contributed by atoms with Gasteiger partial charge in [-0.05, 0) is 57.7 Å². The molecule has 0 bridgehead atoms. The van der Waals surface area contributed by atoms with Gasteiger partial charge in [-0.1, -0.05) is 12.1 Å². The fourth-order valence-corrected chi connectivity index (χ4v) is 2.03. The largest absolute Gasteiger partial charge is 0.455 e. The Labute approximate surface area is 130 Å². The highest BCUT2D eigenvalue weighted by molar-refractivity contribution is 6.36. The zero-order valence-electron chi connectivity index (χ0n) is 13.4. The Hall–Kier alpha value is -1.75. The van der Waals surface area contributed by atoms with Crippen LogP contribution in [-0.4, -0.2) is 29.0 Å². The first-order chi connectivity index (χ1) is 10.2. The van der Waals surface area contributed by atoms with E-state index in [1.165, 1.54) is 12.1 Å². The fraction of sp³-hybridized carbons (Fsp3) is 0.529. The summed E-state index contributed by atoms with van der Waals surface area (Å²) in [6.07, 6.45) is 1.91. The molecular weight excluding hydrogens is 285 g/mol. The van der Waals surface area contributed by atoms with E-state index in [-0.39, 0.29) is 18.1 Å². The van der Waals surface area contributed by atoms with E-state index in [4.69, 9.17) is 10.1 Å². The van der Waals surface area contributed by atoms with E-state index in [1.807, 2.05) is 0 Å². The van der Waals surface area contributed by atoms with Crippen LogP contribution >= 0.6 is 0 Å². The van der Waals surface area contributed by atoms with Crippen LogP contribution in [0.1, 0.15) is 39.2 Å². The van der Waals surface area contributed by atoms with E-state index in [0.29, 0.717) is 19.3 Å². The lowest BCUT2D eigenvalue weighted by Crippen LogP contribution is -2.33. The lowest BCUT2D eigenvalue weighted by atomic mass is 9.95. The summed E-state index contributed by atoms with van der Waals surface area (Å²) in [5.74, 6) is -1.49. The first-order valence-corrected chi connectivity index (χ1v) is 7.40. The number of hydrogen-bond donors (Lipinski definition) is 2. The molecule has 22 heavy (non-hydrogen) atoms. The summed E-state index contributed by atoms with van der Waals surface area (Å²) in [6.45, 7) is 4.95. The number of aryl methyl sites for hydroxylation is 1. The van der Waals surface area contributed by atoms with Gasteiger partial charge in [0.25, 0.3) is 0 Å². The molecule has 1 atom stereocenters. The van der Waals surface area contributed by atoms with E-state index in [9.17, 15) is 14.3 Å². The van der Waals surface area contributed by atoms with Crippen LogP contribution in [0.3, 0.4) is 0 Å². The average molecular weight is 309 g/mol. The Morgan fingerprint density at radius 2 is 1.91 bits per heavy atom. The Balaban J connectivity index is 2.49. The molecule has 0 aliphatic rings. The van der Waals surface area contributed by atoms with Crippen LogP contribution in [0, 0.1) is 17.1 Å². The lowest BCUT2D eigenvalue weighted by Gasteiger charge is -2.22. The molecule has 0 spiro atoms. The molecule has 5 heteroatoms. The third-order valence-corrected chi connectivity index (χ3v) is 3.18. The molecule has 0 aliphatic carbocycles. The second-order valence-corrected chi connectivity index (χ2v) is 6.31. The summed E-state index contributed by atoms with van der Waals surface area (Å²) in [5.41, 5.74) is 0.135. The number of carbonyl (C=O) groups excluding carboxylic acids is 1. The predicted octanol–water partition coefficient (Wildman–Crippen LogP) is 3.12. The quantitative estimate of drug-likeness (QED) is 0.600. The first kappa shape index (κ1) is 18.3. The topological polar surface area (TPSA) is 70.4 Å². The Bertz CT molecular complexity index is 506. The molecule has 0 fully saturated rings.